The minimum atomic E-state index is 0.815. The van der Waals surface area contributed by atoms with Crippen molar-refractivity contribution in [2.75, 3.05) is 5.01 Å². The normalized spacial score (nSPS) is 13.3. The smallest absolute Gasteiger partial charge is 0.170 e. The molecule has 0 saturated carbocycles. The monoisotopic (exact) mass is 169 g/mol. The summed E-state index contributed by atoms with van der Waals surface area (Å²) < 4.78 is 0. The van der Waals surface area contributed by atoms with E-state index < -0.39 is 0 Å². The quantitative estimate of drug-likeness (QED) is 0.557. The number of hydrazone groups is 1. The van der Waals surface area contributed by atoms with Crippen LogP contribution in [0.1, 0.15) is 5.56 Å². The van der Waals surface area contributed by atoms with Crippen molar-refractivity contribution in [1.29, 1.82) is 5.26 Å². The Morgan fingerprint density at radius 3 is 3.00 bits per heavy atom. The van der Waals surface area contributed by atoms with Gasteiger partial charge in [-0.2, -0.15) is 15.4 Å². The number of benzene rings is 1. The van der Waals surface area contributed by atoms with Gasteiger partial charge in [-0.25, -0.2) is 0 Å². The number of para-hydroxylation sites is 1. The van der Waals surface area contributed by atoms with Gasteiger partial charge in [0, 0.05) is 11.8 Å². The predicted octanol–water partition coefficient (Wildman–Crippen LogP) is 1.99. The molecule has 0 N–H and O–H groups in total. The number of rotatable bonds is 0. The molecular formula is C10H7N3. The highest BCUT2D eigenvalue weighted by Crippen LogP contribution is 2.22. The maximum atomic E-state index is 8.80. The summed E-state index contributed by atoms with van der Waals surface area (Å²) in [6.45, 7) is 0. The Bertz CT molecular complexity index is 412. The summed E-state index contributed by atoms with van der Waals surface area (Å²) in [4.78, 5) is 0. The van der Waals surface area contributed by atoms with Crippen LogP contribution in [-0.4, -0.2) is 6.21 Å². The molecule has 1 aliphatic rings. The third kappa shape index (κ3) is 1.30. The SMILES string of the molecule is N#CN1N=CC=Cc2ccccc21. The van der Waals surface area contributed by atoms with Crippen LogP contribution in [0.2, 0.25) is 0 Å². The van der Waals surface area contributed by atoms with Gasteiger partial charge in [-0.3, -0.25) is 0 Å². The summed E-state index contributed by atoms with van der Waals surface area (Å²) in [5.41, 5.74) is 1.82. The van der Waals surface area contributed by atoms with Crippen LogP contribution in [-0.2, 0) is 0 Å². The molecule has 0 atom stereocenters. The van der Waals surface area contributed by atoms with Crippen molar-refractivity contribution in [2.24, 2.45) is 5.10 Å². The summed E-state index contributed by atoms with van der Waals surface area (Å²) in [7, 11) is 0. The fourth-order valence-corrected chi connectivity index (χ4v) is 1.22. The predicted molar refractivity (Wildman–Crippen MR) is 52.1 cm³/mol. The van der Waals surface area contributed by atoms with Crippen molar-refractivity contribution < 1.29 is 0 Å². The molecule has 1 heterocycles. The van der Waals surface area contributed by atoms with E-state index in [0.29, 0.717) is 0 Å². The molecule has 2 rings (SSSR count). The van der Waals surface area contributed by atoms with E-state index in [1.807, 2.05) is 42.6 Å². The zero-order valence-corrected chi connectivity index (χ0v) is 6.88. The fourth-order valence-electron chi connectivity index (χ4n) is 1.22. The molecule has 0 fully saturated rings. The number of anilines is 1. The highest BCUT2D eigenvalue weighted by Gasteiger charge is 2.07. The van der Waals surface area contributed by atoms with Gasteiger partial charge >= 0.3 is 0 Å². The van der Waals surface area contributed by atoms with Crippen LogP contribution in [0, 0.1) is 11.5 Å². The van der Waals surface area contributed by atoms with Crippen LogP contribution in [0.5, 0.6) is 0 Å². The number of nitriles is 1. The van der Waals surface area contributed by atoms with Gasteiger partial charge in [0.1, 0.15) is 0 Å². The second-order valence-electron chi connectivity index (χ2n) is 2.59. The first-order valence-electron chi connectivity index (χ1n) is 3.91. The van der Waals surface area contributed by atoms with Gasteiger partial charge in [-0.15, -0.1) is 0 Å². The summed E-state index contributed by atoms with van der Waals surface area (Å²) in [5.74, 6) is 0. The molecule has 0 radical (unpaired) electrons. The Hall–Kier alpha value is -2.08. The lowest BCUT2D eigenvalue weighted by Crippen LogP contribution is -2.07. The van der Waals surface area contributed by atoms with Crippen LogP contribution in [0.4, 0.5) is 5.69 Å². The van der Waals surface area contributed by atoms with Crippen molar-refractivity contribution in [3.8, 4) is 6.19 Å². The molecule has 13 heavy (non-hydrogen) atoms. The Balaban J connectivity index is 2.58. The van der Waals surface area contributed by atoms with E-state index >= 15 is 0 Å². The highest BCUT2D eigenvalue weighted by atomic mass is 15.4. The van der Waals surface area contributed by atoms with Crippen molar-refractivity contribution in [1.82, 2.24) is 0 Å². The summed E-state index contributed by atoms with van der Waals surface area (Å²) in [5, 5.41) is 14.0. The number of nitrogens with zero attached hydrogens (tertiary/aromatic N) is 3. The van der Waals surface area contributed by atoms with Gasteiger partial charge in [-0.1, -0.05) is 24.3 Å². The van der Waals surface area contributed by atoms with E-state index in [0.717, 1.165) is 11.3 Å². The zero-order chi connectivity index (χ0) is 9.10. The third-order valence-electron chi connectivity index (χ3n) is 1.80. The number of allylic oxidation sites excluding steroid dienone is 1. The molecular weight excluding hydrogens is 162 g/mol. The molecule has 0 spiro atoms. The Kier molecular flexibility index (Phi) is 1.81. The average Bonchev–Trinajstić information content (AvgIpc) is 2.39. The maximum Gasteiger partial charge on any atom is 0.206 e. The van der Waals surface area contributed by atoms with Crippen molar-refractivity contribution in [2.45, 2.75) is 0 Å². The van der Waals surface area contributed by atoms with Crippen molar-refractivity contribution in [3.63, 3.8) is 0 Å². The van der Waals surface area contributed by atoms with Crippen LogP contribution in [0.15, 0.2) is 35.4 Å². The topological polar surface area (TPSA) is 39.4 Å². The summed E-state index contributed by atoms with van der Waals surface area (Å²) in [6, 6.07) is 7.64. The Labute approximate surface area is 76.2 Å². The van der Waals surface area contributed by atoms with Crippen LogP contribution in [0.25, 0.3) is 6.08 Å². The second-order valence-corrected chi connectivity index (χ2v) is 2.59. The fraction of sp³-hybridized carbons (Fsp3) is 0. The lowest BCUT2D eigenvalue weighted by molar-refractivity contribution is 1.09. The molecule has 1 aromatic carbocycles. The summed E-state index contributed by atoms with van der Waals surface area (Å²) in [6.07, 6.45) is 7.34. The van der Waals surface area contributed by atoms with E-state index in [-0.39, 0.29) is 0 Å². The average molecular weight is 169 g/mol. The van der Waals surface area contributed by atoms with E-state index in [4.69, 9.17) is 5.26 Å². The van der Waals surface area contributed by atoms with Gasteiger partial charge in [0.15, 0.2) is 0 Å². The van der Waals surface area contributed by atoms with Crippen LogP contribution >= 0.6 is 0 Å². The molecule has 0 aliphatic carbocycles. The van der Waals surface area contributed by atoms with Crippen LogP contribution in [0.3, 0.4) is 0 Å². The first-order chi connectivity index (χ1) is 6.42. The minimum absolute atomic E-state index is 0.815. The largest absolute Gasteiger partial charge is 0.206 e. The molecule has 1 aromatic rings. The van der Waals surface area contributed by atoms with E-state index in [2.05, 4.69) is 5.10 Å². The van der Waals surface area contributed by atoms with Crippen LogP contribution < -0.4 is 5.01 Å². The van der Waals surface area contributed by atoms with E-state index in [1.165, 1.54) is 5.01 Å². The Morgan fingerprint density at radius 2 is 2.15 bits per heavy atom. The lowest BCUT2D eigenvalue weighted by Gasteiger charge is -2.09. The molecule has 3 nitrogen and oxygen atoms in total. The second kappa shape index (κ2) is 3.11. The van der Waals surface area contributed by atoms with Gasteiger partial charge in [0.25, 0.3) is 0 Å². The molecule has 0 aromatic heterocycles. The molecule has 0 unspecified atom stereocenters. The van der Waals surface area contributed by atoms with E-state index in [9.17, 15) is 0 Å². The first kappa shape index (κ1) is 7.56. The summed E-state index contributed by atoms with van der Waals surface area (Å²) >= 11 is 0. The van der Waals surface area contributed by atoms with Crippen molar-refractivity contribution >= 4 is 18.0 Å². The highest BCUT2D eigenvalue weighted by molar-refractivity contribution is 5.85. The van der Waals surface area contributed by atoms with Gasteiger partial charge in [-0.05, 0) is 12.1 Å². The molecule has 62 valence electrons. The first-order valence-corrected chi connectivity index (χ1v) is 3.91. The van der Waals surface area contributed by atoms with Crippen molar-refractivity contribution in [3.05, 3.63) is 35.9 Å². The van der Waals surface area contributed by atoms with Gasteiger partial charge < -0.3 is 0 Å². The maximum absolute atomic E-state index is 8.80. The zero-order valence-electron chi connectivity index (χ0n) is 6.88. The van der Waals surface area contributed by atoms with Gasteiger partial charge in [0.2, 0.25) is 6.19 Å². The minimum Gasteiger partial charge on any atom is -0.170 e. The number of hydrogen-bond acceptors (Lipinski definition) is 3. The molecule has 0 saturated heterocycles. The molecule has 0 amide bonds. The lowest BCUT2D eigenvalue weighted by atomic mass is 10.1. The molecule has 3 heteroatoms. The molecule has 0 bridgehead atoms. The third-order valence-corrected chi connectivity index (χ3v) is 1.80. The van der Waals surface area contributed by atoms with Gasteiger partial charge in [0.05, 0.1) is 5.69 Å². The Morgan fingerprint density at radius 1 is 1.31 bits per heavy atom. The van der Waals surface area contributed by atoms with E-state index in [1.54, 1.807) is 6.21 Å². The standard InChI is InChI=1S/C10H7N3/c11-8-13-10-6-2-1-4-9(10)5-3-7-12-13/h1-7H. The number of hydrogen-bond donors (Lipinski definition) is 0. The number of fused-ring (bicyclic) bond motifs is 1. The molecule has 1 aliphatic heterocycles.